The summed E-state index contributed by atoms with van der Waals surface area (Å²) in [7, 11) is 0. The molecule has 0 saturated carbocycles. The van der Waals surface area contributed by atoms with E-state index in [4.69, 9.17) is 33.0 Å². The Labute approximate surface area is 130 Å². The number of benzene rings is 1. The van der Waals surface area contributed by atoms with Crippen LogP contribution < -0.4 is 10.1 Å². The lowest BCUT2D eigenvalue weighted by atomic mass is 10.1. The fourth-order valence-electron chi connectivity index (χ4n) is 1.39. The minimum absolute atomic E-state index is 0. The van der Waals surface area contributed by atoms with E-state index in [1.807, 2.05) is 32.9 Å². The summed E-state index contributed by atoms with van der Waals surface area (Å²) in [6.45, 7) is 6.89. The Bertz CT molecular complexity index is 388. The molecule has 0 fully saturated rings. The lowest BCUT2D eigenvalue weighted by Crippen LogP contribution is -2.42. The second-order valence-corrected chi connectivity index (χ2v) is 5.53. The van der Waals surface area contributed by atoms with Gasteiger partial charge in [-0.15, -0.1) is 12.4 Å². The summed E-state index contributed by atoms with van der Waals surface area (Å²) in [5.74, 6) is 0.519. The molecule has 1 rings (SSSR count). The molecule has 0 unspecified atom stereocenters. The molecule has 1 aromatic carbocycles. The molecule has 0 aliphatic heterocycles. The van der Waals surface area contributed by atoms with Crippen molar-refractivity contribution in [3.63, 3.8) is 0 Å². The van der Waals surface area contributed by atoms with Gasteiger partial charge in [0.25, 0.3) is 0 Å². The van der Waals surface area contributed by atoms with E-state index >= 15 is 0 Å². The predicted octanol–water partition coefficient (Wildman–Crippen LogP) is 3.67. The van der Waals surface area contributed by atoms with E-state index in [0.717, 1.165) is 5.56 Å². The fourth-order valence-corrected chi connectivity index (χ4v) is 2.04. The van der Waals surface area contributed by atoms with Gasteiger partial charge in [-0.25, -0.2) is 0 Å². The van der Waals surface area contributed by atoms with E-state index in [-0.39, 0.29) is 24.6 Å². The van der Waals surface area contributed by atoms with Crippen LogP contribution in [-0.2, 0) is 6.54 Å². The average molecular weight is 329 g/mol. The molecule has 6 heteroatoms. The largest absolute Gasteiger partial charge is 0.491 e. The Morgan fingerprint density at radius 1 is 1.26 bits per heavy atom. The zero-order valence-corrected chi connectivity index (χ0v) is 13.6. The van der Waals surface area contributed by atoms with E-state index in [0.29, 0.717) is 28.9 Å². The third-order valence-corrected chi connectivity index (χ3v) is 3.07. The van der Waals surface area contributed by atoms with Crippen molar-refractivity contribution in [3.05, 3.63) is 27.7 Å². The molecule has 0 atom stereocenters. The summed E-state index contributed by atoms with van der Waals surface area (Å²) in [6, 6.07) is 3.64. The molecule has 0 aliphatic rings. The van der Waals surface area contributed by atoms with Crippen LogP contribution >= 0.6 is 35.6 Å². The van der Waals surface area contributed by atoms with Gasteiger partial charge in [-0.05, 0) is 38.5 Å². The number of aliphatic hydroxyl groups excluding tert-OH is 1. The highest BCUT2D eigenvalue weighted by Gasteiger charge is 2.16. The molecular weight excluding hydrogens is 309 g/mol. The molecule has 0 radical (unpaired) electrons. The third kappa shape index (κ3) is 5.76. The van der Waals surface area contributed by atoms with E-state index in [1.54, 1.807) is 0 Å². The van der Waals surface area contributed by atoms with Crippen molar-refractivity contribution in [1.82, 2.24) is 5.32 Å². The first-order valence-electron chi connectivity index (χ1n) is 5.86. The zero-order chi connectivity index (χ0) is 13.8. The van der Waals surface area contributed by atoms with Crippen LogP contribution in [0.1, 0.15) is 26.3 Å². The zero-order valence-electron chi connectivity index (χ0n) is 11.3. The van der Waals surface area contributed by atoms with Crippen LogP contribution in [0.2, 0.25) is 10.0 Å². The molecule has 0 spiro atoms. The van der Waals surface area contributed by atoms with Crippen LogP contribution in [0.25, 0.3) is 0 Å². The van der Waals surface area contributed by atoms with Gasteiger partial charge in [0.1, 0.15) is 0 Å². The molecule has 110 valence electrons. The fraction of sp³-hybridized carbons (Fsp3) is 0.538. The summed E-state index contributed by atoms with van der Waals surface area (Å²) in [5.41, 5.74) is 0.618. The Morgan fingerprint density at radius 2 is 1.79 bits per heavy atom. The number of halogens is 3. The minimum atomic E-state index is -0.336. The van der Waals surface area contributed by atoms with Crippen LogP contribution in [0.4, 0.5) is 0 Å². The quantitative estimate of drug-likeness (QED) is 0.837. The normalized spacial score (nSPS) is 11.1. The molecule has 0 aliphatic carbocycles. The Hall–Kier alpha value is -0.190. The number of nitrogens with one attached hydrogen (secondary N) is 1. The molecule has 1 aromatic rings. The van der Waals surface area contributed by atoms with Crippen molar-refractivity contribution in [3.8, 4) is 5.75 Å². The molecule has 2 N–H and O–H groups in total. The van der Waals surface area contributed by atoms with Gasteiger partial charge in [0.05, 0.1) is 23.3 Å². The first kappa shape index (κ1) is 18.8. The maximum atomic E-state index is 9.16. The van der Waals surface area contributed by atoms with Gasteiger partial charge in [0.2, 0.25) is 0 Å². The first-order chi connectivity index (χ1) is 8.39. The summed E-state index contributed by atoms with van der Waals surface area (Å²) < 4.78 is 5.36. The summed E-state index contributed by atoms with van der Waals surface area (Å²) in [6.07, 6.45) is 0. The highest BCUT2D eigenvalue weighted by atomic mass is 35.5. The second kappa shape index (κ2) is 8.18. The van der Waals surface area contributed by atoms with E-state index in [9.17, 15) is 0 Å². The topological polar surface area (TPSA) is 41.5 Å². The molecule has 0 heterocycles. The van der Waals surface area contributed by atoms with Crippen LogP contribution in [0, 0.1) is 0 Å². The third-order valence-electron chi connectivity index (χ3n) is 2.51. The highest BCUT2D eigenvalue weighted by Crippen LogP contribution is 2.34. The monoisotopic (exact) mass is 327 g/mol. The number of hydrogen-bond donors (Lipinski definition) is 2. The number of hydrogen-bond acceptors (Lipinski definition) is 3. The van der Waals surface area contributed by atoms with Gasteiger partial charge in [0, 0.05) is 12.1 Å². The van der Waals surface area contributed by atoms with Crippen LogP contribution in [-0.4, -0.2) is 23.9 Å². The average Bonchev–Trinajstić information content (AvgIpc) is 2.31. The van der Waals surface area contributed by atoms with Crippen molar-refractivity contribution in [2.45, 2.75) is 32.9 Å². The van der Waals surface area contributed by atoms with Gasteiger partial charge in [-0.2, -0.15) is 0 Å². The second-order valence-electron chi connectivity index (χ2n) is 4.72. The lowest BCUT2D eigenvalue weighted by molar-refractivity contribution is 0.187. The van der Waals surface area contributed by atoms with E-state index in [1.165, 1.54) is 0 Å². The van der Waals surface area contributed by atoms with Crippen molar-refractivity contribution in [2.75, 3.05) is 13.2 Å². The minimum Gasteiger partial charge on any atom is -0.491 e. The van der Waals surface area contributed by atoms with E-state index in [2.05, 4.69) is 5.32 Å². The summed E-state index contributed by atoms with van der Waals surface area (Å²) in [5, 5.41) is 13.4. The van der Waals surface area contributed by atoms with Crippen molar-refractivity contribution in [2.24, 2.45) is 0 Å². The van der Waals surface area contributed by atoms with Gasteiger partial charge in [0.15, 0.2) is 5.75 Å². The molecule has 0 aromatic heterocycles. The highest BCUT2D eigenvalue weighted by molar-refractivity contribution is 6.37. The number of aliphatic hydroxyl groups is 1. The summed E-state index contributed by atoms with van der Waals surface area (Å²) >= 11 is 12.2. The molecule has 0 bridgehead atoms. The lowest BCUT2D eigenvalue weighted by Gasteiger charge is -2.23. The van der Waals surface area contributed by atoms with Crippen LogP contribution in [0.5, 0.6) is 5.75 Å². The molecule has 0 saturated heterocycles. The van der Waals surface area contributed by atoms with Gasteiger partial charge in [-0.1, -0.05) is 23.2 Å². The van der Waals surface area contributed by atoms with Crippen LogP contribution in [0.15, 0.2) is 12.1 Å². The van der Waals surface area contributed by atoms with Gasteiger partial charge in [-0.3, -0.25) is 0 Å². The number of ether oxygens (including phenoxy) is 1. The van der Waals surface area contributed by atoms with Gasteiger partial charge >= 0.3 is 0 Å². The molecule has 0 amide bonds. The Kier molecular flexibility index (Phi) is 8.09. The molecule has 19 heavy (non-hydrogen) atoms. The SMILES string of the molecule is CCOc1c(Cl)cc(CNC(C)(C)CO)cc1Cl.Cl. The van der Waals surface area contributed by atoms with E-state index < -0.39 is 0 Å². The van der Waals surface area contributed by atoms with Gasteiger partial charge < -0.3 is 15.2 Å². The molecule has 3 nitrogen and oxygen atoms in total. The first-order valence-corrected chi connectivity index (χ1v) is 6.62. The Morgan fingerprint density at radius 3 is 2.21 bits per heavy atom. The standard InChI is InChI=1S/C13H19Cl2NO2.ClH/c1-4-18-12-10(14)5-9(6-11(12)15)7-16-13(2,3)8-17;/h5-6,16-17H,4,7-8H2,1-3H3;1H. The molecular formula is C13H20Cl3NO2. The Balaban J connectivity index is 0.00000324. The van der Waals surface area contributed by atoms with Crippen molar-refractivity contribution < 1.29 is 9.84 Å². The number of rotatable bonds is 6. The van der Waals surface area contributed by atoms with Crippen molar-refractivity contribution in [1.29, 1.82) is 0 Å². The smallest absolute Gasteiger partial charge is 0.156 e. The maximum Gasteiger partial charge on any atom is 0.156 e. The van der Waals surface area contributed by atoms with Crippen molar-refractivity contribution >= 4 is 35.6 Å². The summed E-state index contributed by atoms with van der Waals surface area (Å²) in [4.78, 5) is 0. The maximum absolute atomic E-state index is 9.16. The predicted molar refractivity (Wildman–Crippen MR) is 82.9 cm³/mol. The van der Waals surface area contributed by atoms with Crippen LogP contribution in [0.3, 0.4) is 0 Å².